The average molecular weight is 582 g/mol. The van der Waals surface area contributed by atoms with Gasteiger partial charge in [0, 0.05) is 23.6 Å². The van der Waals surface area contributed by atoms with Crippen LogP contribution in [0.1, 0.15) is 26.7 Å². The Morgan fingerprint density at radius 2 is 2.00 bits per heavy atom. The molecule has 3 atom stereocenters. The van der Waals surface area contributed by atoms with Gasteiger partial charge in [0.15, 0.2) is 0 Å². The van der Waals surface area contributed by atoms with Crippen LogP contribution in [0, 0.1) is 11.7 Å². The van der Waals surface area contributed by atoms with Gasteiger partial charge in [0.25, 0.3) is 11.5 Å². The molecule has 0 spiro atoms. The van der Waals surface area contributed by atoms with Gasteiger partial charge in [-0.2, -0.15) is 0 Å². The fourth-order valence-electron chi connectivity index (χ4n) is 4.03. The summed E-state index contributed by atoms with van der Waals surface area (Å²) in [4.78, 5) is 33.9. The number of ether oxygens (including phenoxy) is 2. The fraction of sp³-hybridized carbons (Fsp3) is 0.385. The molecular weight excluding hydrogens is 555 g/mol. The molecule has 2 aromatic carbocycles. The standard InChI is InChI=1S/C26H27Cl2F2N5O4/c1-13(2)7-21(35-26(37)23(28)30)25(36)34-20-9-16-19(10-22(20)39-15-5-6-38-11-15)31-12-32-24(16)33-14-3-4-18(29)17(27)8-14/h3-4,8-10,12-13,15,21,23H,5-7,11H2,1-2H3,(H,34,36)(H,35,37)(H,31,32,33)/t15-,21+,23?/m0/s1. The minimum absolute atomic E-state index is 0.00383. The van der Waals surface area contributed by atoms with Crippen LogP contribution in [-0.2, 0) is 14.3 Å². The molecule has 208 valence electrons. The van der Waals surface area contributed by atoms with Gasteiger partial charge in [0.05, 0.1) is 29.4 Å². The van der Waals surface area contributed by atoms with Crippen molar-refractivity contribution in [2.45, 2.75) is 44.5 Å². The van der Waals surface area contributed by atoms with Gasteiger partial charge in [0.1, 0.15) is 35.9 Å². The van der Waals surface area contributed by atoms with E-state index in [1.54, 1.807) is 12.1 Å². The van der Waals surface area contributed by atoms with Crippen LogP contribution in [0.4, 0.5) is 26.0 Å². The predicted molar refractivity (Wildman–Crippen MR) is 145 cm³/mol. The number of hydrogen-bond donors (Lipinski definition) is 3. The third kappa shape index (κ3) is 7.43. The van der Waals surface area contributed by atoms with Crippen LogP contribution in [-0.4, -0.2) is 52.8 Å². The van der Waals surface area contributed by atoms with E-state index in [0.29, 0.717) is 47.8 Å². The van der Waals surface area contributed by atoms with Crippen LogP contribution in [0.15, 0.2) is 36.7 Å². The molecule has 13 heteroatoms. The van der Waals surface area contributed by atoms with Crippen molar-refractivity contribution in [1.82, 2.24) is 15.3 Å². The molecule has 0 radical (unpaired) electrons. The molecule has 1 unspecified atom stereocenters. The quantitative estimate of drug-likeness (QED) is 0.277. The zero-order valence-electron chi connectivity index (χ0n) is 21.1. The molecule has 9 nitrogen and oxygen atoms in total. The summed E-state index contributed by atoms with van der Waals surface area (Å²) in [7, 11) is 0. The Morgan fingerprint density at radius 1 is 1.21 bits per heavy atom. The number of anilines is 3. The molecule has 3 aromatic rings. The second kappa shape index (κ2) is 12.7. The molecular formula is C26H27Cl2F2N5O4. The minimum atomic E-state index is -2.29. The first-order valence-corrected chi connectivity index (χ1v) is 13.1. The Kier molecular flexibility index (Phi) is 9.36. The van der Waals surface area contributed by atoms with Crippen molar-refractivity contribution in [3.63, 3.8) is 0 Å². The minimum Gasteiger partial charge on any atom is -0.486 e. The summed E-state index contributed by atoms with van der Waals surface area (Å²) in [6, 6.07) is 6.36. The van der Waals surface area contributed by atoms with Crippen LogP contribution in [0.2, 0.25) is 5.02 Å². The summed E-state index contributed by atoms with van der Waals surface area (Å²) in [6.07, 6.45) is 2.01. The van der Waals surface area contributed by atoms with E-state index in [1.807, 2.05) is 13.8 Å². The number of halogens is 4. The highest BCUT2D eigenvalue weighted by Gasteiger charge is 2.27. The third-order valence-corrected chi connectivity index (χ3v) is 6.38. The zero-order chi connectivity index (χ0) is 28.1. The lowest BCUT2D eigenvalue weighted by atomic mass is 10.0. The summed E-state index contributed by atoms with van der Waals surface area (Å²) in [5, 5.41) is 8.68. The lowest BCUT2D eigenvalue weighted by molar-refractivity contribution is -0.128. The van der Waals surface area contributed by atoms with E-state index in [0.717, 1.165) is 0 Å². The highest BCUT2D eigenvalue weighted by molar-refractivity contribution is 6.31. The van der Waals surface area contributed by atoms with Crippen LogP contribution in [0.25, 0.3) is 10.9 Å². The number of amides is 2. The van der Waals surface area contributed by atoms with Gasteiger partial charge in [0.2, 0.25) is 5.91 Å². The molecule has 0 saturated carbocycles. The van der Waals surface area contributed by atoms with Crippen LogP contribution in [0.3, 0.4) is 0 Å². The van der Waals surface area contributed by atoms with E-state index in [1.165, 1.54) is 24.5 Å². The molecule has 39 heavy (non-hydrogen) atoms. The number of fused-ring (bicyclic) bond motifs is 1. The Labute approximate surface area is 233 Å². The highest BCUT2D eigenvalue weighted by atomic mass is 35.5. The van der Waals surface area contributed by atoms with Gasteiger partial charge < -0.3 is 25.4 Å². The van der Waals surface area contributed by atoms with Gasteiger partial charge in [-0.3, -0.25) is 9.59 Å². The van der Waals surface area contributed by atoms with E-state index in [-0.39, 0.29) is 29.2 Å². The number of rotatable bonds is 10. The molecule has 2 amide bonds. The molecule has 1 saturated heterocycles. The SMILES string of the molecule is CC(C)C[C@@H](NC(=O)C(F)Cl)C(=O)Nc1cc2c(Nc3ccc(F)c(Cl)c3)ncnc2cc1O[C@H]1CCOC1. The number of benzene rings is 2. The molecule has 0 aliphatic carbocycles. The predicted octanol–water partition coefficient (Wildman–Crippen LogP) is 5.34. The monoisotopic (exact) mass is 581 g/mol. The lowest BCUT2D eigenvalue weighted by Gasteiger charge is -2.22. The van der Waals surface area contributed by atoms with E-state index < -0.39 is 29.3 Å². The summed E-state index contributed by atoms with van der Waals surface area (Å²) in [5.41, 5.74) is -1.03. The van der Waals surface area contributed by atoms with E-state index in [9.17, 15) is 18.4 Å². The van der Waals surface area contributed by atoms with E-state index in [2.05, 4.69) is 25.9 Å². The number of carbonyl (C=O) groups excluding carboxylic acids is 2. The first-order chi connectivity index (χ1) is 18.6. The molecule has 1 fully saturated rings. The second-order valence-corrected chi connectivity index (χ2v) is 10.2. The number of hydrogen-bond acceptors (Lipinski definition) is 7. The van der Waals surface area contributed by atoms with Crippen molar-refractivity contribution in [3.05, 3.63) is 47.5 Å². The van der Waals surface area contributed by atoms with Gasteiger partial charge in [-0.15, -0.1) is 0 Å². The first kappa shape index (κ1) is 28.7. The summed E-state index contributed by atoms with van der Waals surface area (Å²) >= 11 is 11.2. The van der Waals surface area contributed by atoms with Crippen molar-refractivity contribution >= 4 is 63.1 Å². The topological polar surface area (TPSA) is 114 Å². The van der Waals surface area contributed by atoms with Gasteiger partial charge in [-0.1, -0.05) is 37.0 Å². The normalized spacial score (nSPS) is 16.6. The van der Waals surface area contributed by atoms with Crippen molar-refractivity contribution in [3.8, 4) is 5.75 Å². The molecule has 0 bridgehead atoms. The van der Waals surface area contributed by atoms with Crippen molar-refractivity contribution < 1.29 is 27.8 Å². The van der Waals surface area contributed by atoms with Crippen LogP contribution < -0.4 is 20.7 Å². The van der Waals surface area contributed by atoms with Crippen LogP contribution >= 0.6 is 23.2 Å². The molecule has 3 N–H and O–H groups in total. The van der Waals surface area contributed by atoms with Crippen molar-refractivity contribution in [2.24, 2.45) is 5.92 Å². The Hall–Kier alpha value is -3.28. The van der Waals surface area contributed by atoms with Gasteiger partial charge in [-0.25, -0.2) is 18.7 Å². The molecule has 2 heterocycles. The number of nitrogens with zero attached hydrogens (tertiary/aromatic N) is 2. The highest BCUT2D eigenvalue weighted by Crippen LogP contribution is 2.35. The Morgan fingerprint density at radius 3 is 2.67 bits per heavy atom. The number of nitrogens with one attached hydrogen (secondary N) is 3. The maximum absolute atomic E-state index is 13.6. The van der Waals surface area contributed by atoms with Crippen molar-refractivity contribution in [2.75, 3.05) is 23.8 Å². The molecule has 1 aliphatic rings. The number of carbonyl (C=O) groups is 2. The lowest BCUT2D eigenvalue weighted by Crippen LogP contribution is -2.46. The maximum Gasteiger partial charge on any atom is 0.270 e. The number of aromatic nitrogens is 2. The molecule has 4 rings (SSSR count). The van der Waals surface area contributed by atoms with E-state index in [4.69, 9.17) is 32.7 Å². The van der Waals surface area contributed by atoms with E-state index >= 15 is 0 Å². The Balaban J connectivity index is 1.70. The molecule has 1 aliphatic heterocycles. The second-order valence-electron chi connectivity index (χ2n) is 9.43. The van der Waals surface area contributed by atoms with Gasteiger partial charge >= 0.3 is 0 Å². The van der Waals surface area contributed by atoms with Crippen molar-refractivity contribution in [1.29, 1.82) is 0 Å². The summed E-state index contributed by atoms with van der Waals surface area (Å²) in [6.45, 7) is 4.65. The fourth-order valence-corrected chi connectivity index (χ4v) is 4.28. The molecule has 1 aromatic heterocycles. The number of alkyl halides is 2. The van der Waals surface area contributed by atoms with Crippen LogP contribution in [0.5, 0.6) is 5.75 Å². The zero-order valence-corrected chi connectivity index (χ0v) is 22.7. The summed E-state index contributed by atoms with van der Waals surface area (Å²) in [5.74, 6) is -1.55. The maximum atomic E-state index is 13.6. The smallest absolute Gasteiger partial charge is 0.270 e. The largest absolute Gasteiger partial charge is 0.486 e. The summed E-state index contributed by atoms with van der Waals surface area (Å²) < 4.78 is 38.5. The first-order valence-electron chi connectivity index (χ1n) is 12.2. The third-order valence-electron chi connectivity index (χ3n) is 5.90. The average Bonchev–Trinajstić information content (AvgIpc) is 3.39. The Bertz CT molecular complexity index is 1360. The van der Waals surface area contributed by atoms with Gasteiger partial charge in [-0.05, 0) is 36.6 Å².